The molecule has 0 N–H and O–H groups in total. The molecule has 1 aliphatic carbocycles. The summed E-state index contributed by atoms with van der Waals surface area (Å²) >= 11 is 0. The Balaban J connectivity index is 1.89. The predicted molar refractivity (Wildman–Crippen MR) is 65.9 cm³/mol. The fraction of sp³-hybridized carbons (Fsp3) is 0.929. The first-order chi connectivity index (χ1) is 8.36. The predicted octanol–water partition coefficient (Wildman–Crippen LogP) is 4.05. The summed E-state index contributed by atoms with van der Waals surface area (Å²) in [6.07, 6.45) is 11.9. The van der Waals surface area contributed by atoms with E-state index in [-0.39, 0.29) is 6.10 Å². The van der Waals surface area contributed by atoms with Crippen molar-refractivity contribution in [3.05, 3.63) is 0 Å². The second kappa shape index (κ2) is 6.87. The summed E-state index contributed by atoms with van der Waals surface area (Å²) in [4.78, 5) is 11.4. The van der Waals surface area contributed by atoms with Crippen molar-refractivity contribution in [1.29, 1.82) is 0 Å². The first-order valence-corrected chi connectivity index (χ1v) is 7.19. The zero-order valence-electron chi connectivity index (χ0n) is 10.7. The average Bonchev–Trinajstić information content (AvgIpc) is 2.23. The van der Waals surface area contributed by atoms with Crippen molar-refractivity contribution in [3.8, 4) is 0 Å². The second-order valence-corrected chi connectivity index (χ2v) is 5.36. The highest BCUT2D eigenvalue weighted by atomic mass is 16.7. The van der Waals surface area contributed by atoms with Crippen LogP contribution >= 0.6 is 0 Å². The highest BCUT2D eigenvalue weighted by molar-refractivity contribution is 5.60. The summed E-state index contributed by atoms with van der Waals surface area (Å²) in [7, 11) is 0. The Bertz CT molecular complexity index is 232. The van der Waals surface area contributed by atoms with Gasteiger partial charge in [-0.05, 0) is 38.0 Å². The number of carbonyl (C=O) groups excluding carboxylic acids is 1. The molecule has 0 radical (unpaired) electrons. The van der Waals surface area contributed by atoms with E-state index in [0.29, 0.717) is 12.5 Å². The van der Waals surface area contributed by atoms with Gasteiger partial charge in [0.25, 0.3) is 0 Å². The van der Waals surface area contributed by atoms with Crippen LogP contribution in [0.3, 0.4) is 0 Å². The molecule has 0 aromatic rings. The third-order valence-corrected chi connectivity index (χ3v) is 4.03. The van der Waals surface area contributed by atoms with E-state index in [1.54, 1.807) is 0 Å². The van der Waals surface area contributed by atoms with Gasteiger partial charge in [0, 0.05) is 0 Å². The van der Waals surface area contributed by atoms with Gasteiger partial charge < -0.3 is 9.47 Å². The summed E-state index contributed by atoms with van der Waals surface area (Å²) < 4.78 is 10.5. The van der Waals surface area contributed by atoms with Crippen molar-refractivity contribution in [3.63, 3.8) is 0 Å². The molecule has 1 saturated heterocycles. The summed E-state index contributed by atoms with van der Waals surface area (Å²) in [5.74, 6) is 0.570. The molecule has 2 rings (SSSR count). The van der Waals surface area contributed by atoms with Crippen LogP contribution in [0, 0.1) is 5.92 Å². The van der Waals surface area contributed by atoms with Crippen molar-refractivity contribution in [2.75, 3.05) is 6.61 Å². The summed E-state index contributed by atoms with van der Waals surface area (Å²) in [5.41, 5.74) is 0. The van der Waals surface area contributed by atoms with Crippen LogP contribution in [0.25, 0.3) is 0 Å². The Hall–Kier alpha value is -0.730. The van der Waals surface area contributed by atoms with Crippen molar-refractivity contribution < 1.29 is 14.3 Å². The first kappa shape index (κ1) is 12.7. The highest BCUT2D eigenvalue weighted by Gasteiger charge is 2.27. The Morgan fingerprint density at radius 3 is 2.24 bits per heavy atom. The summed E-state index contributed by atoms with van der Waals surface area (Å²) in [6.45, 7) is 0.524. The van der Waals surface area contributed by atoms with Gasteiger partial charge in [0.1, 0.15) is 6.10 Å². The zero-order valence-corrected chi connectivity index (χ0v) is 10.7. The molecule has 98 valence electrons. The van der Waals surface area contributed by atoms with Gasteiger partial charge in [0.15, 0.2) is 0 Å². The topological polar surface area (TPSA) is 35.5 Å². The molecule has 0 spiro atoms. The Morgan fingerprint density at radius 2 is 1.47 bits per heavy atom. The fourth-order valence-corrected chi connectivity index (χ4v) is 3.01. The second-order valence-electron chi connectivity index (χ2n) is 5.36. The molecule has 1 heterocycles. The van der Waals surface area contributed by atoms with Crippen molar-refractivity contribution >= 4 is 6.16 Å². The molecule has 2 fully saturated rings. The van der Waals surface area contributed by atoms with Crippen LogP contribution in [0.2, 0.25) is 0 Å². The van der Waals surface area contributed by atoms with Gasteiger partial charge in [0.2, 0.25) is 0 Å². The van der Waals surface area contributed by atoms with Crippen LogP contribution < -0.4 is 0 Å². The van der Waals surface area contributed by atoms with Crippen molar-refractivity contribution in [1.82, 2.24) is 0 Å². The average molecular weight is 240 g/mol. The van der Waals surface area contributed by atoms with Crippen molar-refractivity contribution in [2.24, 2.45) is 5.92 Å². The van der Waals surface area contributed by atoms with Crippen LogP contribution in [-0.2, 0) is 9.47 Å². The molecule has 1 unspecified atom stereocenters. The largest absolute Gasteiger partial charge is 0.508 e. The maximum absolute atomic E-state index is 11.4. The van der Waals surface area contributed by atoms with Crippen LogP contribution in [0.5, 0.6) is 0 Å². The lowest BCUT2D eigenvalue weighted by atomic mass is 9.85. The van der Waals surface area contributed by atoms with Gasteiger partial charge >= 0.3 is 6.16 Å². The van der Waals surface area contributed by atoms with E-state index in [1.807, 2.05) is 0 Å². The van der Waals surface area contributed by atoms with Gasteiger partial charge in [0.05, 0.1) is 6.61 Å². The van der Waals surface area contributed by atoms with E-state index in [4.69, 9.17) is 9.47 Å². The minimum atomic E-state index is -0.447. The van der Waals surface area contributed by atoms with Gasteiger partial charge in [-0.15, -0.1) is 0 Å². The monoisotopic (exact) mass is 240 g/mol. The van der Waals surface area contributed by atoms with Gasteiger partial charge in [-0.2, -0.15) is 0 Å². The maximum atomic E-state index is 11.4. The lowest BCUT2D eigenvalue weighted by molar-refractivity contribution is -0.0182. The zero-order chi connectivity index (χ0) is 11.9. The molecule has 0 bridgehead atoms. The molecule has 1 saturated carbocycles. The number of carbonyl (C=O) groups is 1. The normalized spacial score (nSPS) is 29.2. The summed E-state index contributed by atoms with van der Waals surface area (Å²) in [5, 5.41) is 0. The van der Waals surface area contributed by atoms with Crippen LogP contribution in [0.15, 0.2) is 0 Å². The van der Waals surface area contributed by atoms with Crippen LogP contribution in [0.1, 0.15) is 64.2 Å². The molecule has 0 aromatic carbocycles. The van der Waals surface area contributed by atoms with E-state index < -0.39 is 6.16 Å². The smallest absolute Gasteiger partial charge is 0.434 e. The standard InChI is InChI=1S/C14H24O3/c15-14-16-11-7-6-10-13(17-14)12-8-4-2-1-3-5-9-12/h12-13H,1-11H2. The molecule has 0 aromatic heterocycles. The van der Waals surface area contributed by atoms with E-state index in [1.165, 1.54) is 44.9 Å². The first-order valence-electron chi connectivity index (χ1n) is 7.19. The minimum Gasteiger partial charge on any atom is -0.434 e. The number of rotatable bonds is 1. The molecular formula is C14H24O3. The number of hydrogen-bond acceptors (Lipinski definition) is 3. The molecule has 3 nitrogen and oxygen atoms in total. The summed E-state index contributed by atoms with van der Waals surface area (Å²) in [6, 6.07) is 0. The van der Waals surface area contributed by atoms with E-state index in [9.17, 15) is 4.79 Å². The molecular weight excluding hydrogens is 216 g/mol. The SMILES string of the molecule is O=C1OCCCCC(C2CCCCCCC2)O1. The molecule has 0 amide bonds. The third kappa shape index (κ3) is 4.21. The Labute approximate surface area is 104 Å². The fourth-order valence-electron chi connectivity index (χ4n) is 3.01. The van der Waals surface area contributed by atoms with Crippen molar-refractivity contribution in [2.45, 2.75) is 70.3 Å². The van der Waals surface area contributed by atoms with E-state index in [2.05, 4.69) is 0 Å². The molecule has 2 aliphatic rings. The molecule has 3 heteroatoms. The van der Waals surface area contributed by atoms with Gasteiger partial charge in [-0.3, -0.25) is 0 Å². The van der Waals surface area contributed by atoms with Gasteiger partial charge in [-0.1, -0.05) is 32.1 Å². The lowest BCUT2D eigenvalue weighted by Gasteiger charge is -2.29. The molecule has 1 atom stereocenters. The Kier molecular flexibility index (Phi) is 5.14. The maximum Gasteiger partial charge on any atom is 0.508 e. The van der Waals surface area contributed by atoms with Crippen LogP contribution in [-0.4, -0.2) is 18.9 Å². The third-order valence-electron chi connectivity index (χ3n) is 4.03. The highest BCUT2D eigenvalue weighted by Crippen LogP contribution is 2.29. The van der Waals surface area contributed by atoms with E-state index in [0.717, 1.165) is 19.3 Å². The minimum absolute atomic E-state index is 0.112. The quantitative estimate of drug-likeness (QED) is 0.648. The number of ether oxygens (including phenoxy) is 2. The number of hydrogen-bond donors (Lipinski definition) is 0. The van der Waals surface area contributed by atoms with Crippen LogP contribution in [0.4, 0.5) is 4.79 Å². The van der Waals surface area contributed by atoms with Gasteiger partial charge in [-0.25, -0.2) is 4.79 Å². The lowest BCUT2D eigenvalue weighted by Crippen LogP contribution is -2.30. The Morgan fingerprint density at radius 1 is 0.824 bits per heavy atom. The van der Waals surface area contributed by atoms with E-state index >= 15 is 0 Å². The molecule has 1 aliphatic heterocycles. The number of cyclic esters (lactones) is 2. The molecule has 17 heavy (non-hydrogen) atoms.